The molecule has 4 rings (SSSR count). The molecule has 2 saturated heterocycles. The molecule has 5 heteroatoms. The zero-order valence-electron chi connectivity index (χ0n) is 18.1. The van der Waals surface area contributed by atoms with Crippen molar-refractivity contribution < 1.29 is 9.59 Å². The van der Waals surface area contributed by atoms with Crippen LogP contribution in [0.4, 0.5) is 0 Å². The third kappa shape index (κ3) is 4.67. The van der Waals surface area contributed by atoms with Crippen LogP contribution in [0.25, 0.3) is 10.8 Å². The van der Waals surface area contributed by atoms with E-state index in [9.17, 15) is 9.59 Å². The van der Waals surface area contributed by atoms with Crippen LogP contribution in [0.5, 0.6) is 0 Å². The van der Waals surface area contributed by atoms with Gasteiger partial charge in [-0.1, -0.05) is 56.3 Å². The first-order valence-electron chi connectivity index (χ1n) is 11.3. The normalized spacial score (nSPS) is 20.8. The molecule has 2 atom stereocenters. The Bertz CT molecular complexity index is 910. The number of hydrogen-bond acceptors (Lipinski definition) is 3. The van der Waals surface area contributed by atoms with Gasteiger partial charge in [0.15, 0.2) is 0 Å². The molecule has 0 unspecified atom stereocenters. The third-order valence-electron chi connectivity index (χ3n) is 6.54. The molecule has 2 aromatic rings. The van der Waals surface area contributed by atoms with E-state index >= 15 is 0 Å². The lowest BCUT2D eigenvalue weighted by atomic mass is 10.0. The minimum atomic E-state index is -0.467. The molecule has 2 aliphatic heterocycles. The van der Waals surface area contributed by atoms with Crippen molar-refractivity contribution in [3.05, 3.63) is 48.0 Å². The molecular weight excluding hydrogens is 374 g/mol. The van der Waals surface area contributed by atoms with Crippen LogP contribution < -0.4 is 5.32 Å². The van der Waals surface area contributed by atoms with Crippen LogP contribution in [0.2, 0.25) is 0 Å². The van der Waals surface area contributed by atoms with Crippen LogP contribution in [0.15, 0.2) is 42.5 Å². The Labute approximate surface area is 179 Å². The molecule has 0 radical (unpaired) electrons. The van der Waals surface area contributed by atoms with Gasteiger partial charge >= 0.3 is 0 Å². The minimum absolute atomic E-state index is 0.0565. The van der Waals surface area contributed by atoms with Crippen LogP contribution in [0, 0.1) is 5.92 Å². The molecule has 2 aromatic carbocycles. The number of carbonyl (C=O) groups excluding carboxylic acids is 2. The number of hydrogen-bond donors (Lipinski definition) is 1. The number of fused-ring (bicyclic) bond motifs is 2. The Morgan fingerprint density at radius 2 is 1.80 bits per heavy atom. The molecule has 160 valence electrons. The largest absolute Gasteiger partial charge is 0.344 e. The third-order valence-corrected chi connectivity index (χ3v) is 6.54. The van der Waals surface area contributed by atoms with Gasteiger partial charge in [-0.3, -0.25) is 14.5 Å². The van der Waals surface area contributed by atoms with Gasteiger partial charge in [0.25, 0.3) is 0 Å². The lowest BCUT2D eigenvalue weighted by Gasteiger charge is -2.31. The maximum atomic E-state index is 13.3. The molecule has 5 nitrogen and oxygen atoms in total. The second-order valence-electron chi connectivity index (χ2n) is 9.12. The molecular formula is C25H33N3O2. The lowest BCUT2D eigenvalue weighted by molar-refractivity contribution is -0.137. The summed E-state index contributed by atoms with van der Waals surface area (Å²) in [7, 11) is 0. The molecule has 2 aliphatic rings. The number of benzene rings is 2. The Morgan fingerprint density at radius 3 is 2.60 bits per heavy atom. The van der Waals surface area contributed by atoms with E-state index < -0.39 is 6.04 Å². The van der Waals surface area contributed by atoms with Crippen LogP contribution in [-0.2, 0) is 16.0 Å². The van der Waals surface area contributed by atoms with Gasteiger partial charge in [-0.15, -0.1) is 0 Å². The summed E-state index contributed by atoms with van der Waals surface area (Å²) in [6.07, 6.45) is 3.70. The van der Waals surface area contributed by atoms with Crippen molar-refractivity contribution in [2.75, 3.05) is 26.2 Å². The summed E-state index contributed by atoms with van der Waals surface area (Å²) in [5.74, 6) is 0.0428. The smallest absolute Gasteiger partial charge is 0.245 e. The predicted octanol–water partition coefficient (Wildman–Crippen LogP) is 3.22. The van der Waals surface area contributed by atoms with Crippen molar-refractivity contribution in [3.8, 4) is 0 Å². The topological polar surface area (TPSA) is 52.7 Å². The van der Waals surface area contributed by atoms with E-state index in [0.717, 1.165) is 43.5 Å². The van der Waals surface area contributed by atoms with Gasteiger partial charge in [0, 0.05) is 25.7 Å². The van der Waals surface area contributed by atoms with E-state index in [-0.39, 0.29) is 24.2 Å². The molecule has 0 bridgehead atoms. The van der Waals surface area contributed by atoms with Gasteiger partial charge in [0.1, 0.15) is 6.04 Å². The average Bonchev–Trinajstić information content (AvgIpc) is 3.07. The fourth-order valence-electron chi connectivity index (χ4n) is 4.88. The maximum Gasteiger partial charge on any atom is 0.245 e. The SMILES string of the molecule is CC(C)[C@@H](NC(=O)Cc1ccc2ccccc2c1)C(=O)N1CCCN2CCC[C@H]2C1. The predicted molar refractivity (Wildman–Crippen MR) is 120 cm³/mol. The molecule has 1 N–H and O–H groups in total. The molecule has 2 heterocycles. The number of rotatable bonds is 5. The van der Waals surface area contributed by atoms with E-state index in [1.165, 1.54) is 18.2 Å². The highest BCUT2D eigenvalue weighted by Gasteiger charge is 2.34. The summed E-state index contributed by atoms with van der Waals surface area (Å²) in [6, 6.07) is 14.3. The highest BCUT2D eigenvalue weighted by atomic mass is 16.2. The standard InChI is InChI=1S/C25H33N3O2/c1-18(2)24(25(30)28-14-6-13-27-12-5-9-22(27)17-28)26-23(29)16-19-10-11-20-7-3-4-8-21(20)15-19/h3-4,7-8,10-11,15,18,22,24H,5-6,9,12-14,16-17H2,1-2H3,(H,26,29)/t22-,24+/m0/s1. The van der Waals surface area contributed by atoms with Crippen LogP contribution in [0.3, 0.4) is 0 Å². The molecule has 0 spiro atoms. The van der Waals surface area contributed by atoms with Crippen LogP contribution >= 0.6 is 0 Å². The quantitative estimate of drug-likeness (QED) is 0.828. The van der Waals surface area contributed by atoms with Crippen molar-refractivity contribution in [1.82, 2.24) is 15.1 Å². The molecule has 2 fully saturated rings. The van der Waals surface area contributed by atoms with Gasteiger partial charge in [-0.2, -0.15) is 0 Å². The van der Waals surface area contributed by atoms with Crippen molar-refractivity contribution in [2.45, 2.75) is 51.6 Å². The van der Waals surface area contributed by atoms with Crippen molar-refractivity contribution >= 4 is 22.6 Å². The summed E-state index contributed by atoms with van der Waals surface area (Å²) in [6.45, 7) is 7.84. The summed E-state index contributed by atoms with van der Waals surface area (Å²) in [5, 5.41) is 5.34. The van der Waals surface area contributed by atoms with Gasteiger partial charge in [0.05, 0.1) is 6.42 Å². The fraction of sp³-hybridized carbons (Fsp3) is 0.520. The second kappa shape index (κ2) is 9.17. The van der Waals surface area contributed by atoms with E-state index in [4.69, 9.17) is 0 Å². The second-order valence-corrected chi connectivity index (χ2v) is 9.12. The van der Waals surface area contributed by atoms with E-state index in [1.54, 1.807) is 0 Å². The van der Waals surface area contributed by atoms with Crippen LogP contribution in [0.1, 0.15) is 38.7 Å². The highest BCUT2D eigenvalue weighted by molar-refractivity contribution is 5.89. The first-order chi connectivity index (χ1) is 14.5. The summed E-state index contributed by atoms with van der Waals surface area (Å²) in [4.78, 5) is 30.7. The van der Waals surface area contributed by atoms with E-state index in [2.05, 4.69) is 28.4 Å². The molecule has 30 heavy (non-hydrogen) atoms. The van der Waals surface area contributed by atoms with Crippen molar-refractivity contribution in [1.29, 1.82) is 0 Å². The average molecular weight is 408 g/mol. The monoisotopic (exact) mass is 407 g/mol. The number of nitrogens with one attached hydrogen (secondary N) is 1. The minimum Gasteiger partial charge on any atom is -0.344 e. The fourth-order valence-corrected chi connectivity index (χ4v) is 4.88. The Morgan fingerprint density at radius 1 is 1.03 bits per heavy atom. The van der Waals surface area contributed by atoms with Crippen LogP contribution in [-0.4, -0.2) is 59.9 Å². The molecule has 0 aromatic heterocycles. The Hall–Kier alpha value is -2.40. The maximum absolute atomic E-state index is 13.3. The lowest BCUT2D eigenvalue weighted by Crippen LogP contribution is -2.53. The van der Waals surface area contributed by atoms with E-state index in [1.807, 2.05) is 43.0 Å². The Balaban J connectivity index is 1.41. The Kier molecular flexibility index (Phi) is 6.38. The summed E-state index contributed by atoms with van der Waals surface area (Å²) < 4.78 is 0. The molecule has 2 amide bonds. The van der Waals surface area contributed by atoms with Gasteiger partial charge < -0.3 is 10.2 Å². The highest BCUT2D eigenvalue weighted by Crippen LogP contribution is 2.22. The zero-order chi connectivity index (χ0) is 21.1. The zero-order valence-corrected chi connectivity index (χ0v) is 18.1. The van der Waals surface area contributed by atoms with Gasteiger partial charge in [-0.05, 0) is 48.1 Å². The summed E-state index contributed by atoms with van der Waals surface area (Å²) in [5.41, 5.74) is 0.970. The first kappa shape index (κ1) is 20.9. The number of nitrogens with zero attached hydrogens (tertiary/aromatic N) is 2. The number of amides is 2. The number of carbonyl (C=O) groups is 2. The molecule has 0 saturated carbocycles. The van der Waals surface area contributed by atoms with E-state index in [0.29, 0.717) is 6.04 Å². The summed E-state index contributed by atoms with van der Waals surface area (Å²) >= 11 is 0. The first-order valence-corrected chi connectivity index (χ1v) is 11.3. The van der Waals surface area contributed by atoms with Crippen molar-refractivity contribution in [3.63, 3.8) is 0 Å². The van der Waals surface area contributed by atoms with Crippen molar-refractivity contribution in [2.24, 2.45) is 5.92 Å². The van der Waals surface area contributed by atoms with Gasteiger partial charge in [0.2, 0.25) is 11.8 Å². The molecule has 0 aliphatic carbocycles. The van der Waals surface area contributed by atoms with Gasteiger partial charge in [-0.25, -0.2) is 0 Å².